The fraction of sp³-hybridized carbons (Fsp3) is 0.611. The first-order valence-corrected chi connectivity index (χ1v) is 8.34. The Morgan fingerprint density at radius 3 is 2.86 bits per heavy atom. The molecule has 4 nitrogen and oxygen atoms in total. The van der Waals surface area contributed by atoms with Crippen molar-refractivity contribution in [3.63, 3.8) is 0 Å². The summed E-state index contributed by atoms with van der Waals surface area (Å²) in [6.07, 6.45) is 5.95. The molecule has 3 N–H and O–H groups in total. The van der Waals surface area contributed by atoms with Crippen molar-refractivity contribution in [1.82, 2.24) is 4.90 Å². The molecule has 2 fully saturated rings. The number of primary amides is 1. The van der Waals surface area contributed by atoms with E-state index in [1.54, 1.807) is 0 Å². The second-order valence-electron chi connectivity index (χ2n) is 7.40. The fourth-order valence-corrected chi connectivity index (χ4v) is 5.38. The van der Waals surface area contributed by atoms with Crippen LogP contribution in [0.4, 0.5) is 0 Å². The highest BCUT2D eigenvalue weighted by Gasteiger charge is 2.62. The van der Waals surface area contributed by atoms with Crippen molar-refractivity contribution in [2.24, 2.45) is 5.73 Å². The first-order chi connectivity index (χ1) is 10.5. The number of nitrogens with zero attached hydrogens (tertiary/aromatic N) is 1. The molecule has 3 aliphatic rings. The van der Waals surface area contributed by atoms with Gasteiger partial charge in [0.05, 0.1) is 5.60 Å². The molecule has 2 aliphatic carbocycles. The number of hydrogen-bond acceptors (Lipinski definition) is 3. The highest BCUT2D eigenvalue weighted by atomic mass is 16.3. The Morgan fingerprint density at radius 1 is 1.32 bits per heavy atom. The number of likely N-dealkylation sites (N-methyl/N-ethyl adjacent to an activating group) is 1. The van der Waals surface area contributed by atoms with Gasteiger partial charge in [0.15, 0.2) is 0 Å². The SMILES string of the molecule is CN1CCC23CCCC[C@@]2(O)[C@H]1Cc1ccc(C(N)=O)cc13. The lowest BCUT2D eigenvalue weighted by Crippen LogP contribution is -2.71. The van der Waals surface area contributed by atoms with Gasteiger partial charge in [0.2, 0.25) is 5.91 Å². The van der Waals surface area contributed by atoms with Crippen molar-refractivity contribution in [2.75, 3.05) is 13.6 Å². The predicted octanol–water partition coefficient (Wildman–Crippen LogP) is 1.59. The lowest BCUT2D eigenvalue weighted by Gasteiger charge is -2.63. The minimum absolute atomic E-state index is 0.188. The molecule has 1 aromatic rings. The zero-order valence-electron chi connectivity index (χ0n) is 13.1. The number of fused-ring (bicyclic) bond motifs is 1. The van der Waals surface area contributed by atoms with E-state index in [0.717, 1.165) is 45.1 Å². The number of amides is 1. The lowest BCUT2D eigenvalue weighted by molar-refractivity contribution is -0.160. The molecular weight excluding hydrogens is 276 g/mol. The number of nitrogens with two attached hydrogens (primary N) is 1. The van der Waals surface area contributed by atoms with Crippen LogP contribution >= 0.6 is 0 Å². The monoisotopic (exact) mass is 300 g/mol. The second-order valence-corrected chi connectivity index (χ2v) is 7.40. The number of aliphatic hydroxyl groups is 1. The van der Waals surface area contributed by atoms with Crippen LogP contribution in [0.15, 0.2) is 18.2 Å². The molecule has 1 aliphatic heterocycles. The van der Waals surface area contributed by atoms with Gasteiger partial charge in [0.25, 0.3) is 0 Å². The summed E-state index contributed by atoms with van der Waals surface area (Å²) in [5, 5.41) is 11.7. The van der Waals surface area contributed by atoms with E-state index in [2.05, 4.69) is 18.0 Å². The summed E-state index contributed by atoms with van der Waals surface area (Å²) in [4.78, 5) is 13.9. The first kappa shape index (κ1) is 14.2. The van der Waals surface area contributed by atoms with Crippen LogP contribution in [-0.4, -0.2) is 41.1 Å². The van der Waals surface area contributed by atoms with E-state index in [9.17, 15) is 9.90 Å². The molecule has 4 rings (SSSR count). The van der Waals surface area contributed by atoms with E-state index < -0.39 is 5.60 Å². The average molecular weight is 300 g/mol. The van der Waals surface area contributed by atoms with Gasteiger partial charge in [-0.3, -0.25) is 4.79 Å². The van der Waals surface area contributed by atoms with Crippen molar-refractivity contribution in [3.05, 3.63) is 34.9 Å². The van der Waals surface area contributed by atoms with Crippen LogP contribution in [0.2, 0.25) is 0 Å². The summed E-state index contributed by atoms with van der Waals surface area (Å²) < 4.78 is 0. The Hall–Kier alpha value is -1.39. The third-order valence-corrected chi connectivity index (χ3v) is 6.54. The summed E-state index contributed by atoms with van der Waals surface area (Å²) >= 11 is 0. The number of rotatable bonds is 1. The minimum Gasteiger partial charge on any atom is -0.387 e. The summed E-state index contributed by atoms with van der Waals surface area (Å²) in [5.74, 6) is -0.381. The van der Waals surface area contributed by atoms with Gasteiger partial charge in [-0.15, -0.1) is 0 Å². The van der Waals surface area contributed by atoms with Crippen molar-refractivity contribution >= 4 is 5.91 Å². The van der Waals surface area contributed by atoms with Gasteiger partial charge in [-0.2, -0.15) is 0 Å². The largest absolute Gasteiger partial charge is 0.387 e. The van der Waals surface area contributed by atoms with Gasteiger partial charge in [-0.05, 0) is 62.5 Å². The van der Waals surface area contributed by atoms with Crippen LogP contribution in [-0.2, 0) is 11.8 Å². The van der Waals surface area contributed by atoms with Crippen molar-refractivity contribution in [3.8, 4) is 0 Å². The highest BCUT2D eigenvalue weighted by Crippen LogP contribution is 2.57. The standard InChI is InChI=1S/C18H24N2O2/c1-20-9-8-17-6-2-3-7-18(17,22)15(20)11-12-4-5-13(16(19)21)10-14(12)17/h4-5,10,15,22H,2-3,6-9,11H2,1H3,(H2,19,21)/t15-,17?,18-/m1/s1. The Labute approximate surface area is 131 Å². The van der Waals surface area contributed by atoms with Gasteiger partial charge >= 0.3 is 0 Å². The second kappa shape index (κ2) is 4.56. The summed E-state index contributed by atoms with van der Waals surface area (Å²) in [6, 6.07) is 6.04. The smallest absolute Gasteiger partial charge is 0.248 e. The van der Waals surface area contributed by atoms with Crippen LogP contribution in [0.25, 0.3) is 0 Å². The third kappa shape index (κ3) is 1.62. The summed E-state index contributed by atoms with van der Waals surface area (Å²) in [7, 11) is 2.13. The highest BCUT2D eigenvalue weighted by molar-refractivity contribution is 5.93. The van der Waals surface area contributed by atoms with E-state index in [1.807, 2.05) is 12.1 Å². The van der Waals surface area contributed by atoms with Crippen LogP contribution < -0.4 is 5.73 Å². The van der Waals surface area contributed by atoms with Gasteiger partial charge in [0.1, 0.15) is 0 Å². The molecule has 0 spiro atoms. The molecular formula is C18H24N2O2. The van der Waals surface area contributed by atoms with Crippen LogP contribution in [0, 0.1) is 0 Å². The third-order valence-electron chi connectivity index (χ3n) is 6.54. The molecule has 1 aromatic carbocycles. The molecule has 1 saturated heterocycles. The number of carbonyl (C=O) groups excluding carboxylic acids is 1. The van der Waals surface area contributed by atoms with E-state index in [4.69, 9.17) is 5.73 Å². The number of benzene rings is 1. The molecule has 2 bridgehead atoms. The number of likely N-dealkylation sites (tertiary alicyclic amines) is 1. The molecule has 1 unspecified atom stereocenters. The van der Waals surface area contributed by atoms with E-state index in [-0.39, 0.29) is 17.4 Å². The van der Waals surface area contributed by atoms with E-state index in [1.165, 1.54) is 11.1 Å². The number of carbonyl (C=O) groups is 1. The average Bonchev–Trinajstić information content (AvgIpc) is 2.50. The Morgan fingerprint density at radius 2 is 2.09 bits per heavy atom. The minimum atomic E-state index is -0.665. The molecule has 1 amide bonds. The molecule has 1 saturated carbocycles. The lowest BCUT2D eigenvalue weighted by atomic mass is 9.49. The maximum absolute atomic E-state index is 11.7. The summed E-state index contributed by atoms with van der Waals surface area (Å²) in [6.45, 7) is 1.01. The number of hydrogen-bond donors (Lipinski definition) is 2. The Kier molecular flexibility index (Phi) is 2.94. The van der Waals surface area contributed by atoms with Crippen LogP contribution in [0.3, 0.4) is 0 Å². The molecule has 0 radical (unpaired) electrons. The fourth-order valence-electron chi connectivity index (χ4n) is 5.38. The van der Waals surface area contributed by atoms with E-state index in [0.29, 0.717) is 5.56 Å². The number of piperidine rings is 1. The zero-order chi connectivity index (χ0) is 15.5. The molecule has 0 aromatic heterocycles. The van der Waals surface area contributed by atoms with Gasteiger partial charge in [-0.25, -0.2) is 0 Å². The van der Waals surface area contributed by atoms with Crippen molar-refractivity contribution in [1.29, 1.82) is 0 Å². The van der Waals surface area contributed by atoms with Crippen LogP contribution in [0.1, 0.15) is 53.6 Å². The zero-order valence-corrected chi connectivity index (χ0v) is 13.1. The molecule has 22 heavy (non-hydrogen) atoms. The topological polar surface area (TPSA) is 66.6 Å². The normalized spacial score (nSPS) is 37.3. The predicted molar refractivity (Wildman–Crippen MR) is 84.8 cm³/mol. The Bertz CT molecular complexity index is 644. The van der Waals surface area contributed by atoms with Crippen molar-refractivity contribution < 1.29 is 9.90 Å². The van der Waals surface area contributed by atoms with Crippen molar-refractivity contribution in [2.45, 2.75) is 55.6 Å². The maximum Gasteiger partial charge on any atom is 0.248 e. The van der Waals surface area contributed by atoms with Gasteiger partial charge in [-0.1, -0.05) is 18.9 Å². The molecule has 1 heterocycles. The van der Waals surface area contributed by atoms with Gasteiger partial charge in [0, 0.05) is 17.0 Å². The Balaban J connectivity index is 1.94. The van der Waals surface area contributed by atoms with Gasteiger partial charge < -0.3 is 15.7 Å². The quantitative estimate of drug-likeness (QED) is 0.827. The maximum atomic E-state index is 11.7. The van der Waals surface area contributed by atoms with E-state index >= 15 is 0 Å². The van der Waals surface area contributed by atoms with Crippen LogP contribution in [0.5, 0.6) is 0 Å². The molecule has 118 valence electrons. The summed E-state index contributed by atoms with van der Waals surface area (Å²) in [5.41, 5.74) is 7.67. The molecule has 3 atom stereocenters. The molecule has 4 heteroatoms. The first-order valence-electron chi connectivity index (χ1n) is 8.34.